The molecule has 3 aromatic rings. The van der Waals surface area contributed by atoms with Gasteiger partial charge in [0.1, 0.15) is 0 Å². The van der Waals surface area contributed by atoms with Gasteiger partial charge in [-0.25, -0.2) is 0 Å². The van der Waals surface area contributed by atoms with Gasteiger partial charge in [-0.2, -0.15) is 17.9 Å². The summed E-state index contributed by atoms with van der Waals surface area (Å²) in [4.78, 5) is 14.3. The Hall–Kier alpha value is -3.05. The van der Waals surface area contributed by atoms with Gasteiger partial charge in [0.05, 0.1) is 17.0 Å². The quantitative estimate of drug-likeness (QED) is 0.378. The molecule has 0 spiro atoms. The summed E-state index contributed by atoms with van der Waals surface area (Å²) in [6.07, 6.45) is -3.58. The third-order valence-electron chi connectivity index (χ3n) is 4.91. The second-order valence-electron chi connectivity index (χ2n) is 6.88. The van der Waals surface area contributed by atoms with Crippen molar-refractivity contribution in [1.82, 2.24) is 0 Å². The predicted octanol–water partition coefficient (Wildman–Crippen LogP) is 2.14. The van der Waals surface area contributed by atoms with Crippen LogP contribution in [-0.2, 0) is 6.18 Å². The molecule has 158 valence electrons. The Morgan fingerprint density at radius 1 is 1.27 bits per heavy atom. The van der Waals surface area contributed by atoms with Crippen molar-refractivity contribution in [3.8, 4) is 0 Å². The number of rotatable bonds is 3. The number of anilines is 1. The maximum absolute atomic E-state index is 13.7. The van der Waals surface area contributed by atoms with Gasteiger partial charge < -0.3 is 25.5 Å². The number of carbonyl (C=O) groups excluding carboxylic acids is 1. The van der Waals surface area contributed by atoms with Crippen LogP contribution < -0.4 is 20.1 Å². The predicted molar refractivity (Wildman–Crippen MR) is 98.8 cm³/mol. The zero-order valence-electron chi connectivity index (χ0n) is 15.1. The molecule has 0 bridgehead atoms. The topological polar surface area (TPSA) is 113 Å². The second-order valence-corrected chi connectivity index (χ2v) is 7.28. The first-order chi connectivity index (χ1) is 14.1. The number of aromatic nitrogens is 2. The minimum atomic E-state index is -5.28. The molecule has 1 atom stereocenters. The lowest BCUT2D eigenvalue weighted by molar-refractivity contribution is -0.647. The van der Waals surface area contributed by atoms with Gasteiger partial charge in [-0.15, -0.1) is 4.73 Å². The van der Waals surface area contributed by atoms with Gasteiger partial charge in [0.15, 0.2) is 5.76 Å². The zero-order valence-corrected chi connectivity index (χ0v) is 15.9. The summed E-state index contributed by atoms with van der Waals surface area (Å²) >= 11 is 6.24. The van der Waals surface area contributed by atoms with Crippen molar-refractivity contribution in [1.29, 1.82) is 0 Å². The summed E-state index contributed by atoms with van der Waals surface area (Å²) in [6, 6.07) is 4.38. The number of benzene rings is 1. The van der Waals surface area contributed by atoms with Crippen LogP contribution in [0.2, 0.25) is 5.02 Å². The summed E-state index contributed by atoms with van der Waals surface area (Å²) in [5.41, 5.74) is 1.75. The highest BCUT2D eigenvalue weighted by Crippen LogP contribution is 2.34. The largest absolute Gasteiger partial charge is 0.618 e. The molecule has 1 fully saturated rings. The lowest BCUT2D eigenvalue weighted by Crippen LogP contribution is -2.50. The fraction of sp³-hybridized carbons (Fsp3) is 0.278. The lowest BCUT2D eigenvalue weighted by atomic mass is 10.1. The van der Waals surface area contributed by atoms with E-state index in [1.807, 2.05) is 0 Å². The average molecular weight is 443 g/mol. The number of ketones is 1. The molecule has 4 rings (SSSR count). The van der Waals surface area contributed by atoms with Crippen LogP contribution in [0.1, 0.15) is 28.4 Å². The van der Waals surface area contributed by atoms with E-state index in [-0.39, 0.29) is 21.5 Å². The molecule has 2 N–H and O–H groups in total. The van der Waals surface area contributed by atoms with Crippen LogP contribution in [0.5, 0.6) is 0 Å². The molecule has 2 aromatic heterocycles. The van der Waals surface area contributed by atoms with E-state index in [0.717, 1.165) is 24.5 Å². The molecule has 30 heavy (non-hydrogen) atoms. The van der Waals surface area contributed by atoms with E-state index in [4.69, 9.17) is 21.8 Å². The highest BCUT2D eigenvalue weighted by Gasteiger charge is 2.52. The van der Waals surface area contributed by atoms with Gasteiger partial charge >= 0.3 is 17.6 Å². The Bertz CT molecular complexity index is 1150. The molecule has 0 radical (unpaired) electrons. The van der Waals surface area contributed by atoms with Crippen molar-refractivity contribution in [2.24, 2.45) is 5.73 Å². The van der Waals surface area contributed by atoms with Gasteiger partial charge in [0.25, 0.3) is 16.8 Å². The van der Waals surface area contributed by atoms with Crippen molar-refractivity contribution < 1.29 is 31.8 Å². The van der Waals surface area contributed by atoms with E-state index in [9.17, 15) is 28.4 Å². The van der Waals surface area contributed by atoms with Gasteiger partial charge in [0, 0.05) is 31.3 Å². The second kappa shape index (κ2) is 7.03. The SMILES string of the molecule is NC1CCN(c2cc3c(cc2Cl)[n+]([O-])c(C(=O)c2ccco2)c(C(F)(F)F)[n+]3[O-])C1. The number of nitrogens with two attached hydrogens (primary N) is 1. The average Bonchev–Trinajstić information content (AvgIpc) is 3.34. The molecule has 1 aliphatic heterocycles. The van der Waals surface area contributed by atoms with Gasteiger partial charge in [-0.1, -0.05) is 11.6 Å². The molecule has 0 aliphatic carbocycles. The number of alkyl halides is 3. The third-order valence-corrected chi connectivity index (χ3v) is 5.21. The van der Waals surface area contributed by atoms with Crippen molar-refractivity contribution in [3.05, 3.63) is 63.1 Å². The maximum Gasteiger partial charge on any atom is 0.486 e. The Balaban J connectivity index is 2.01. The standard InChI is InChI=1S/C18H14ClF3N4O4/c19-10-6-12-13(7-11(10)24-4-3-9(23)8-24)26(29)17(18(20,21)22)15(25(12)28)16(27)14-2-1-5-30-14/h1-2,5-7,9H,3-4,8,23H2. The molecule has 1 saturated heterocycles. The van der Waals surface area contributed by atoms with E-state index < -0.39 is 44.9 Å². The Morgan fingerprint density at radius 2 is 1.97 bits per heavy atom. The van der Waals surface area contributed by atoms with Gasteiger partial charge in [-0.05, 0) is 18.6 Å². The Kier molecular flexibility index (Phi) is 4.74. The van der Waals surface area contributed by atoms with Crippen molar-refractivity contribution >= 4 is 34.1 Å². The molecule has 0 saturated carbocycles. The monoisotopic (exact) mass is 442 g/mol. The lowest BCUT2D eigenvalue weighted by Gasteiger charge is -2.20. The highest BCUT2D eigenvalue weighted by atomic mass is 35.5. The van der Waals surface area contributed by atoms with Crippen LogP contribution in [0.25, 0.3) is 11.0 Å². The minimum Gasteiger partial charge on any atom is -0.618 e. The van der Waals surface area contributed by atoms with E-state index in [1.54, 1.807) is 4.90 Å². The number of carbonyl (C=O) groups is 1. The van der Waals surface area contributed by atoms with Gasteiger partial charge in [-0.3, -0.25) is 4.79 Å². The molecule has 12 heteroatoms. The van der Waals surface area contributed by atoms with Crippen LogP contribution in [0.4, 0.5) is 18.9 Å². The number of halogens is 4. The van der Waals surface area contributed by atoms with Crippen LogP contribution in [0.15, 0.2) is 34.9 Å². The number of furan rings is 1. The van der Waals surface area contributed by atoms with Crippen molar-refractivity contribution in [2.45, 2.75) is 18.6 Å². The van der Waals surface area contributed by atoms with Gasteiger partial charge in [0.2, 0.25) is 0 Å². The first-order valence-corrected chi connectivity index (χ1v) is 9.15. The zero-order chi connectivity index (χ0) is 21.8. The maximum atomic E-state index is 13.7. The normalized spacial score (nSPS) is 17.1. The molecular formula is C18H14ClF3N4O4. The number of fused-ring (bicyclic) bond motifs is 1. The van der Waals surface area contributed by atoms with Crippen molar-refractivity contribution in [3.63, 3.8) is 0 Å². The van der Waals surface area contributed by atoms with Crippen LogP contribution in [0, 0.1) is 10.4 Å². The molecule has 3 heterocycles. The van der Waals surface area contributed by atoms with Crippen LogP contribution >= 0.6 is 11.6 Å². The smallest absolute Gasteiger partial charge is 0.486 e. The summed E-state index contributed by atoms with van der Waals surface area (Å²) in [5, 5.41) is 25.6. The van der Waals surface area contributed by atoms with E-state index in [1.165, 1.54) is 6.07 Å². The fourth-order valence-electron chi connectivity index (χ4n) is 3.52. The molecule has 0 amide bonds. The van der Waals surface area contributed by atoms with Crippen molar-refractivity contribution in [2.75, 3.05) is 18.0 Å². The number of hydrogen-bond donors (Lipinski definition) is 1. The van der Waals surface area contributed by atoms with Crippen LogP contribution in [-0.4, -0.2) is 24.9 Å². The first-order valence-electron chi connectivity index (χ1n) is 8.78. The van der Waals surface area contributed by atoms with E-state index in [2.05, 4.69) is 0 Å². The minimum absolute atomic E-state index is 0.0392. The molecule has 1 unspecified atom stereocenters. The molecule has 1 aliphatic rings. The molecule has 8 nitrogen and oxygen atoms in total. The van der Waals surface area contributed by atoms with Crippen LogP contribution in [0.3, 0.4) is 0 Å². The van der Waals surface area contributed by atoms with E-state index >= 15 is 0 Å². The Morgan fingerprint density at radius 3 is 2.53 bits per heavy atom. The third kappa shape index (κ3) is 3.19. The number of hydrogen-bond acceptors (Lipinski definition) is 6. The fourth-order valence-corrected chi connectivity index (χ4v) is 3.80. The first kappa shape index (κ1) is 20.2. The molecular weight excluding hydrogens is 429 g/mol. The molecule has 1 aromatic carbocycles. The number of nitrogens with zero attached hydrogens (tertiary/aromatic N) is 3. The summed E-state index contributed by atoms with van der Waals surface area (Å²) in [6.45, 7) is 0.881. The van der Waals surface area contributed by atoms with E-state index in [0.29, 0.717) is 19.5 Å². The Labute approximate surface area is 172 Å². The summed E-state index contributed by atoms with van der Waals surface area (Å²) in [5.74, 6) is -1.89. The highest BCUT2D eigenvalue weighted by molar-refractivity contribution is 6.34. The summed E-state index contributed by atoms with van der Waals surface area (Å²) < 4.78 is 45.4. The summed E-state index contributed by atoms with van der Waals surface area (Å²) in [7, 11) is 0.